The molecule has 0 aliphatic heterocycles. The highest BCUT2D eigenvalue weighted by Crippen LogP contribution is 2.63. The first-order valence-electron chi connectivity index (χ1n) is 7.68. The van der Waals surface area contributed by atoms with Gasteiger partial charge in [-0.1, -0.05) is 29.8 Å². The molecule has 118 valence electrons. The summed E-state index contributed by atoms with van der Waals surface area (Å²) < 4.78 is 0.960. The van der Waals surface area contributed by atoms with E-state index in [4.69, 9.17) is 5.73 Å². The molecule has 0 heterocycles. The molecule has 0 spiro atoms. The van der Waals surface area contributed by atoms with E-state index in [0.29, 0.717) is 0 Å². The van der Waals surface area contributed by atoms with Gasteiger partial charge >= 0.3 is 0 Å². The number of hydrogen-bond donors (Lipinski definition) is 2. The van der Waals surface area contributed by atoms with E-state index in [0.717, 1.165) is 23.0 Å². The molecule has 2 bridgehead atoms. The van der Waals surface area contributed by atoms with Gasteiger partial charge in [-0.3, -0.25) is 9.59 Å². The molecule has 2 fully saturated rings. The Balaban J connectivity index is 1.84. The normalized spacial score (nSPS) is 32.0. The van der Waals surface area contributed by atoms with Crippen molar-refractivity contribution in [3.05, 3.63) is 28.7 Å². The van der Waals surface area contributed by atoms with E-state index in [-0.39, 0.29) is 40.9 Å². The van der Waals surface area contributed by atoms with Gasteiger partial charge in [-0.05, 0) is 54.4 Å². The maximum atomic E-state index is 12.8. The van der Waals surface area contributed by atoms with Crippen LogP contribution in [-0.4, -0.2) is 11.8 Å². The minimum Gasteiger partial charge on any atom is -0.369 e. The molecule has 5 heteroatoms. The fourth-order valence-electron chi connectivity index (χ4n) is 4.64. The first kappa shape index (κ1) is 15.5. The summed E-state index contributed by atoms with van der Waals surface area (Å²) in [6.45, 7) is 4.33. The van der Waals surface area contributed by atoms with Crippen molar-refractivity contribution >= 4 is 33.4 Å². The summed E-state index contributed by atoms with van der Waals surface area (Å²) in [7, 11) is 0. The smallest absolute Gasteiger partial charge is 0.228 e. The van der Waals surface area contributed by atoms with E-state index in [2.05, 4.69) is 35.1 Å². The van der Waals surface area contributed by atoms with Crippen molar-refractivity contribution in [1.29, 1.82) is 0 Å². The molecular weight excluding hydrogens is 344 g/mol. The van der Waals surface area contributed by atoms with Crippen LogP contribution in [0.3, 0.4) is 0 Å². The Kier molecular flexibility index (Phi) is 3.79. The molecule has 22 heavy (non-hydrogen) atoms. The fourth-order valence-corrected chi connectivity index (χ4v) is 4.91. The van der Waals surface area contributed by atoms with Gasteiger partial charge < -0.3 is 11.1 Å². The van der Waals surface area contributed by atoms with Gasteiger partial charge in [0.2, 0.25) is 11.8 Å². The van der Waals surface area contributed by atoms with Crippen LogP contribution < -0.4 is 11.1 Å². The van der Waals surface area contributed by atoms with E-state index in [1.165, 1.54) is 0 Å². The second-order valence-electron chi connectivity index (χ2n) is 7.06. The molecule has 2 aliphatic rings. The van der Waals surface area contributed by atoms with Gasteiger partial charge in [0.05, 0.1) is 11.8 Å². The van der Waals surface area contributed by atoms with Crippen LogP contribution in [0.15, 0.2) is 28.7 Å². The van der Waals surface area contributed by atoms with E-state index < -0.39 is 0 Å². The number of carbonyl (C=O) groups is 2. The summed E-state index contributed by atoms with van der Waals surface area (Å²) in [6.07, 6.45) is 1.99. The number of halogens is 1. The highest BCUT2D eigenvalue weighted by molar-refractivity contribution is 9.10. The third-order valence-electron chi connectivity index (χ3n) is 5.70. The van der Waals surface area contributed by atoms with E-state index in [9.17, 15) is 9.59 Å². The number of rotatable bonds is 3. The monoisotopic (exact) mass is 364 g/mol. The van der Waals surface area contributed by atoms with Crippen molar-refractivity contribution in [3.8, 4) is 0 Å². The number of carbonyl (C=O) groups excluding carboxylic acids is 2. The zero-order valence-electron chi connectivity index (χ0n) is 12.8. The Bertz CT molecular complexity index is 612. The quantitative estimate of drug-likeness (QED) is 0.864. The van der Waals surface area contributed by atoms with Gasteiger partial charge in [0.25, 0.3) is 0 Å². The SMILES string of the molecule is CC1(C)[C@@H]2CC[C@H]1[C@@H](C(=O)Nc1ccc(Br)cc1)[C@H]2C(N)=O. The Morgan fingerprint density at radius 2 is 1.68 bits per heavy atom. The summed E-state index contributed by atoms with van der Waals surface area (Å²) in [6, 6.07) is 7.46. The van der Waals surface area contributed by atoms with Crippen molar-refractivity contribution in [3.63, 3.8) is 0 Å². The van der Waals surface area contributed by atoms with Crippen LogP contribution in [-0.2, 0) is 9.59 Å². The van der Waals surface area contributed by atoms with Crippen LogP contribution in [0.4, 0.5) is 5.69 Å². The molecule has 0 unspecified atom stereocenters. The molecule has 3 N–H and O–H groups in total. The number of fused-ring (bicyclic) bond motifs is 2. The van der Waals surface area contributed by atoms with Crippen LogP contribution in [0.2, 0.25) is 0 Å². The number of benzene rings is 1. The van der Waals surface area contributed by atoms with E-state index >= 15 is 0 Å². The van der Waals surface area contributed by atoms with Crippen molar-refractivity contribution in [2.45, 2.75) is 26.7 Å². The average Bonchev–Trinajstić information content (AvgIpc) is 2.87. The molecule has 2 aliphatic carbocycles. The molecular formula is C17H21BrN2O2. The molecule has 0 aromatic heterocycles. The first-order chi connectivity index (χ1) is 10.3. The third-order valence-corrected chi connectivity index (χ3v) is 6.23. The lowest BCUT2D eigenvalue weighted by atomic mass is 9.78. The number of nitrogens with one attached hydrogen (secondary N) is 1. The summed E-state index contributed by atoms with van der Waals surface area (Å²) >= 11 is 3.37. The van der Waals surface area contributed by atoms with Gasteiger partial charge in [-0.2, -0.15) is 0 Å². The number of primary amides is 1. The highest BCUT2D eigenvalue weighted by Gasteiger charge is 2.62. The number of amides is 2. The number of anilines is 1. The molecule has 0 radical (unpaired) electrons. The second-order valence-corrected chi connectivity index (χ2v) is 7.98. The minimum atomic E-state index is -0.343. The minimum absolute atomic E-state index is 0.00141. The van der Waals surface area contributed by atoms with Crippen LogP contribution in [0.5, 0.6) is 0 Å². The predicted octanol–water partition coefficient (Wildman–Crippen LogP) is 3.17. The van der Waals surface area contributed by atoms with Gasteiger partial charge in [0.15, 0.2) is 0 Å². The van der Waals surface area contributed by atoms with Gasteiger partial charge in [0.1, 0.15) is 0 Å². The van der Waals surface area contributed by atoms with Crippen molar-refractivity contribution in [2.24, 2.45) is 34.8 Å². The van der Waals surface area contributed by atoms with Crippen LogP contribution >= 0.6 is 15.9 Å². The summed E-state index contributed by atoms with van der Waals surface area (Å²) in [4.78, 5) is 24.7. The van der Waals surface area contributed by atoms with Crippen molar-refractivity contribution < 1.29 is 9.59 Å². The molecule has 1 aromatic carbocycles. The second kappa shape index (κ2) is 5.37. The molecule has 3 rings (SSSR count). The van der Waals surface area contributed by atoms with E-state index in [1.54, 1.807) is 0 Å². The Morgan fingerprint density at radius 1 is 1.14 bits per heavy atom. The van der Waals surface area contributed by atoms with Gasteiger partial charge in [-0.15, -0.1) is 0 Å². The molecule has 1 aromatic rings. The maximum absolute atomic E-state index is 12.8. The summed E-state index contributed by atoms with van der Waals surface area (Å²) in [5.74, 6) is -0.622. The lowest BCUT2D eigenvalue weighted by Gasteiger charge is -2.27. The standard InChI is InChI=1S/C17H21BrN2O2/c1-17(2)11-7-8-12(17)14(13(11)15(19)21)16(22)20-10-5-3-9(18)4-6-10/h3-6,11-14H,7-8H2,1-2H3,(H2,19,21)(H,20,22)/t11-,12+,13+,14-/m1/s1. The summed E-state index contributed by atoms with van der Waals surface area (Å²) in [5.41, 5.74) is 6.37. The zero-order chi connectivity index (χ0) is 16.1. The lowest BCUT2D eigenvalue weighted by Crippen LogP contribution is -2.40. The largest absolute Gasteiger partial charge is 0.369 e. The predicted molar refractivity (Wildman–Crippen MR) is 88.9 cm³/mol. The Labute approximate surface area is 139 Å². The third kappa shape index (κ3) is 2.35. The van der Waals surface area contributed by atoms with Crippen LogP contribution in [0.25, 0.3) is 0 Å². The highest BCUT2D eigenvalue weighted by atomic mass is 79.9. The van der Waals surface area contributed by atoms with Crippen LogP contribution in [0.1, 0.15) is 26.7 Å². The molecule has 2 saturated carbocycles. The Hall–Kier alpha value is -1.36. The zero-order valence-corrected chi connectivity index (χ0v) is 14.4. The maximum Gasteiger partial charge on any atom is 0.228 e. The molecule has 0 saturated heterocycles. The van der Waals surface area contributed by atoms with Crippen molar-refractivity contribution in [2.75, 3.05) is 5.32 Å². The van der Waals surface area contributed by atoms with Crippen molar-refractivity contribution in [1.82, 2.24) is 0 Å². The lowest BCUT2D eigenvalue weighted by molar-refractivity contribution is -0.132. The Morgan fingerprint density at radius 3 is 2.23 bits per heavy atom. The molecule has 4 atom stereocenters. The average molecular weight is 365 g/mol. The topological polar surface area (TPSA) is 72.2 Å². The van der Waals surface area contributed by atoms with Gasteiger partial charge in [-0.25, -0.2) is 0 Å². The van der Waals surface area contributed by atoms with Crippen LogP contribution in [0, 0.1) is 29.1 Å². The molecule has 4 nitrogen and oxygen atoms in total. The number of nitrogens with two attached hydrogens (primary N) is 1. The summed E-state index contributed by atoms with van der Waals surface area (Å²) in [5, 5.41) is 2.95. The van der Waals surface area contributed by atoms with E-state index in [1.807, 2.05) is 24.3 Å². The van der Waals surface area contributed by atoms with Gasteiger partial charge in [0, 0.05) is 10.2 Å². The molecule has 2 amide bonds. The number of hydrogen-bond acceptors (Lipinski definition) is 2. The fraction of sp³-hybridized carbons (Fsp3) is 0.529. The first-order valence-corrected chi connectivity index (χ1v) is 8.47.